The van der Waals surface area contributed by atoms with E-state index in [1.54, 1.807) is 0 Å². The highest BCUT2D eigenvalue weighted by Gasteiger charge is 2.37. The van der Waals surface area contributed by atoms with Gasteiger partial charge in [0.1, 0.15) is 0 Å². The van der Waals surface area contributed by atoms with Crippen LogP contribution in [0.25, 0.3) is 0 Å². The molecule has 0 radical (unpaired) electrons. The number of aromatic nitrogens is 2. The minimum absolute atomic E-state index is 0.227. The van der Waals surface area contributed by atoms with Gasteiger partial charge in [0.2, 0.25) is 0 Å². The molecule has 1 fully saturated rings. The van der Waals surface area contributed by atoms with Crippen molar-refractivity contribution in [3.05, 3.63) is 47.1 Å². The van der Waals surface area contributed by atoms with E-state index in [-0.39, 0.29) is 6.10 Å². The Balaban J connectivity index is 1.45. The Morgan fingerprint density at radius 2 is 2.14 bits per heavy atom. The van der Waals surface area contributed by atoms with Gasteiger partial charge in [0.05, 0.1) is 18.4 Å². The minimum atomic E-state index is 0.227. The van der Waals surface area contributed by atoms with Crippen LogP contribution in [0.15, 0.2) is 36.4 Å². The monoisotopic (exact) mass is 316 g/mol. The zero-order valence-corrected chi connectivity index (χ0v) is 12.8. The van der Waals surface area contributed by atoms with Crippen LogP contribution in [0.1, 0.15) is 12.0 Å². The van der Waals surface area contributed by atoms with E-state index in [4.69, 9.17) is 16.3 Å². The van der Waals surface area contributed by atoms with E-state index in [2.05, 4.69) is 32.5 Å². The number of benzene rings is 1. The number of rotatable bonds is 3. The van der Waals surface area contributed by atoms with Crippen LogP contribution in [0.5, 0.6) is 0 Å². The topological polar surface area (TPSA) is 50.3 Å². The van der Waals surface area contributed by atoms with Crippen molar-refractivity contribution in [2.24, 2.45) is 0 Å². The van der Waals surface area contributed by atoms with Crippen molar-refractivity contribution in [1.82, 2.24) is 10.2 Å². The van der Waals surface area contributed by atoms with Gasteiger partial charge in [-0.1, -0.05) is 41.9 Å². The van der Waals surface area contributed by atoms with E-state index in [0.717, 1.165) is 31.0 Å². The highest BCUT2D eigenvalue weighted by molar-refractivity contribution is 6.29. The fraction of sp³-hybridized carbons (Fsp3) is 0.375. The van der Waals surface area contributed by atoms with Crippen molar-refractivity contribution in [3.63, 3.8) is 0 Å². The van der Waals surface area contributed by atoms with Crippen molar-refractivity contribution in [1.29, 1.82) is 0 Å². The van der Waals surface area contributed by atoms with Gasteiger partial charge < -0.3 is 15.0 Å². The Hall–Kier alpha value is -1.85. The lowest BCUT2D eigenvalue weighted by Crippen LogP contribution is -2.39. The molecule has 1 saturated heterocycles. The molecule has 0 bridgehead atoms. The first-order chi connectivity index (χ1) is 10.8. The summed E-state index contributed by atoms with van der Waals surface area (Å²) in [6.07, 6.45) is 1.24. The fourth-order valence-electron chi connectivity index (χ4n) is 3.19. The van der Waals surface area contributed by atoms with Crippen LogP contribution in [0.4, 0.5) is 11.5 Å². The Morgan fingerprint density at radius 1 is 1.27 bits per heavy atom. The van der Waals surface area contributed by atoms with Crippen LogP contribution < -0.4 is 10.2 Å². The van der Waals surface area contributed by atoms with Crippen molar-refractivity contribution < 1.29 is 4.74 Å². The fourth-order valence-corrected chi connectivity index (χ4v) is 3.33. The number of anilines is 2. The summed E-state index contributed by atoms with van der Waals surface area (Å²) in [6.45, 7) is 2.39. The third-order valence-corrected chi connectivity index (χ3v) is 4.45. The zero-order chi connectivity index (χ0) is 14.9. The van der Waals surface area contributed by atoms with E-state index in [9.17, 15) is 0 Å². The molecule has 0 spiro atoms. The maximum atomic E-state index is 6.09. The molecule has 1 aromatic carbocycles. The first kappa shape index (κ1) is 13.8. The number of nitrogens with one attached hydrogen (secondary N) is 1. The SMILES string of the molecule is Clc1cc2c(nn1)NCC1CC(OCc3ccccc3)CN21. The maximum Gasteiger partial charge on any atom is 0.172 e. The van der Waals surface area contributed by atoms with Crippen LogP contribution in [-0.4, -0.2) is 35.4 Å². The summed E-state index contributed by atoms with van der Waals surface area (Å²) in [4.78, 5) is 2.34. The number of hydrogen-bond donors (Lipinski definition) is 1. The van der Waals surface area contributed by atoms with Gasteiger partial charge in [-0.05, 0) is 12.0 Å². The largest absolute Gasteiger partial charge is 0.372 e. The number of ether oxygens (including phenoxy) is 1. The summed E-state index contributed by atoms with van der Waals surface area (Å²) in [5, 5.41) is 11.8. The van der Waals surface area contributed by atoms with E-state index in [0.29, 0.717) is 17.8 Å². The van der Waals surface area contributed by atoms with Crippen molar-refractivity contribution in [2.75, 3.05) is 23.3 Å². The highest BCUT2D eigenvalue weighted by Crippen LogP contribution is 2.36. The van der Waals surface area contributed by atoms with Gasteiger partial charge in [0.15, 0.2) is 11.0 Å². The summed E-state index contributed by atoms with van der Waals surface area (Å²) in [5.74, 6) is 0.810. The first-order valence-corrected chi connectivity index (χ1v) is 7.86. The van der Waals surface area contributed by atoms with Crippen molar-refractivity contribution in [2.45, 2.75) is 25.2 Å². The van der Waals surface area contributed by atoms with Crippen molar-refractivity contribution in [3.8, 4) is 0 Å². The van der Waals surface area contributed by atoms with E-state index < -0.39 is 0 Å². The van der Waals surface area contributed by atoms with Crippen LogP contribution in [0.3, 0.4) is 0 Å². The average molecular weight is 317 g/mol. The van der Waals surface area contributed by atoms with E-state index in [1.807, 2.05) is 24.3 Å². The lowest BCUT2D eigenvalue weighted by atomic mass is 10.1. The number of hydrogen-bond acceptors (Lipinski definition) is 5. The van der Waals surface area contributed by atoms with Gasteiger partial charge in [-0.15, -0.1) is 10.2 Å². The van der Waals surface area contributed by atoms with E-state index in [1.165, 1.54) is 5.56 Å². The third kappa shape index (κ3) is 2.62. The average Bonchev–Trinajstić information content (AvgIpc) is 2.97. The molecule has 1 aromatic heterocycles. The predicted octanol–water partition coefficient (Wildman–Crippen LogP) is 2.72. The minimum Gasteiger partial charge on any atom is -0.372 e. The van der Waals surface area contributed by atoms with Gasteiger partial charge in [-0.2, -0.15) is 0 Å². The molecule has 4 rings (SSSR count). The Bertz CT molecular complexity index is 666. The molecule has 2 aliphatic rings. The summed E-state index contributed by atoms with van der Waals surface area (Å²) >= 11 is 5.99. The molecule has 22 heavy (non-hydrogen) atoms. The zero-order valence-electron chi connectivity index (χ0n) is 12.1. The standard InChI is InChI=1S/C16H17ClN4O/c17-15-7-14-16(20-19-15)18-8-12-6-13(9-21(12)14)22-10-11-4-2-1-3-5-11/h1-5,7,12-13H,6,8-10H2,(H,18,20). The smallest absolute Gasteiger partial charge is 0.172 e. The molecule has 2 aliphatic heterocycles. The maximum absolute atomic E-state index is 6.09. The highest BCUT2D eigenvalue weighted by atomic mass is 35.5. The number of halogens is 1. The summed E-state index contributed by atoms with van der Waals surface area (Å²) < 4.78 is 6.09. The van der Waals surface area contributed by atoms with Gasteiger partial charge >= 0.3 is 0 Å². The molecule has 0 aliphatic carbocycles. The first-order valence-electron chi connectivity index (χ1n) is 7.49. The summed E-state index contributed by atoms with van der Waals surface area (Å²) in [7, 11) is 0. The van der Waals surface area contributed by atoms with Gasteiger partial charge in [0, 0.05) is 25.2 Å². The predicted molar refractivity (Wildman–Crippen MR) is 86.3 cm³/mol. The van der Waals surface area contributed by atoms with Crippen LogP contribution >= 0.6 is 11.6 Å². The Kier molecular flexibility index (Phi) is 3.60. The van der Waals surface area contributed by atoms with Crippen LogP contribution in [0.2, 0.25) is 5.15 Å². The van der Waals surface area contributed by atoms with E-state index >= 15 is 0 Å². The Morgan fingerprint density at radius 3 is 3.00 bits per heavy atom. The molecular weight excluding hydrogens is 300 g/mol. The molecule has 6 heteroatoms. The van der Waals surface area contributed by atoms with Crippen LogP contribution in [0, 0.1) is 0 Å². The Labute approximate surface area is 134 Å². The lowest BCUT2D eigenvalue weighted by Gasteiger charge is -2.32. The van der Waals surface area contributed by atoms with Gasteiger partial charge in [-0.25, -0.2) is 0 Å². The second kappa shape index (κ2) is 5.74. The number of fused-ring (bicyclic) bond motifs is 3. The molecule has 1 N–H and O–H groups in total. The van der Waals surface area contributed by atoms with Gasteiger partial charge in [0.25, 0.3) is 0 Å². The molecule has 5 nitrogen and oxygen atoms in total. The molecule has 0 saturated carbocycles. The molecule has 0 amide bonds. The molecule has 2 unspecified atom stereocenters. The molecule has 114 valence electrons. The molecule has 3 heterocycles. The van der Waals surface area contributed by atoms with Gasteiger partial charge in [-0.3, -0.25) is 0 Å². The summed E-state index contributed by atoms with van der Waals surface area (Å²) in [6, 6.07) is 12.6. The molecular formula is C16H17ClN4O. The van der Waals surface area contributed by atoms with Crippen LogP contribution in [-0.2, 0) is 11.3 Å². The summed E-state index contributed by atoms with van der Waals surface area (Å²) in [5.41, 5.74) is 2.24. The second-order valence-corrected chi connectivity index (χ2v) is 6.13. The normalized spacial score (nSPS) is 22.9. The lowest BCUT2D eigenvalue weighted by molar-refractivity contribution is 0.0536. The quantitative estimate of drug-likeness (QED) is 0.943. The number of nitrogens with zero attached hydrogens (tertiary/aromatic N) is 3. The molecule has 2 aromatic rings. The van der Waals surface area contributed by atoms with Crippen molar-refractivity contribution >= 4 is 23.1 Å². The third-order valence-electron chi connectivity index (χ3n) is 4.26. The molecule has 2 atom stereocenters. The second-order valence-electron chi connectivity index (χ2n) is 5.74.